The molecular formula is C13H24N2O2. The van der Waals surface area contributed by atoms with E-state index in [0.717, 1.165) is 38.5 Å². The first-order chi connectivity index (χ1) is 7.97. The number of hydrogen-bond acceptors (Lipinski definition) is 4. The Morgan fingerprint density at radius 1 is 1.53 bits per heavy atom. The molecule has 1 aliphatic carbocycles. The Labute approximate surface area is 104 Å². The summed E-state index contributed by atoms with van der Waals surface area (Å²) in [5, 5.41) is 10.6. The molecule has 0 saturated heterocycles. The molecule has 0 aromatic heterocycles. The van der Waals surface area contributed by atoms with E-state index in [1.807, 2.05) is 0 Å². The molecule has 0 aliphatic heterocycles. The lowest BCUT2D eigenvalue weighted by atomic mass is 9.91. The van der Waals surface area contributed by atoms with Crippen molar-refractivity contribution in [1.29, 1.82) is 5.41 Å². The summed E-state index contributed by atoms with van der Waals surface area (Å²) >= 11 is 0. The van der Waals surface area contributed by atoms with Gasteiger partial charge in [-0.15, -0.1) is 0 Å². The van der Waals surface area contributed by atoms with Crippen molar-refractivity contribution in [2.24, 2.45) is 11.1 Å². The van der Waals surface area contributed by atoms with E-state index < -0.39 is 0 Å². The van der Waals surface area contributed by atoms with Gasteiger partial charge in [0.1, 0.15) is 5.54 Å². The highest BCUT2D eigenvalue weighted by atomic mass is 16.5. The fraction of sp³-hybridized carbons (Fsp3) is 0.923. The molecule has 1 aliphatic rings. The Balaban J connectivity index is 2.28. The van der Waals surface area contributed by atoms with Crippen LogP contribution in [0.25, 0.3) is 0 Å². The maximum absolute atomic E-state index is 10.7. The molecule has 98 valence electrons. The molecule has 0 spiro atoms. The number of nitrogens with one attached hydrogen (secondary N) is 1. The fourth-order valence-electron chi connectivity index (χ4n) is 2.10. The first-order valence-electron chi connectivity index (χ1n) is 6.37. The number of rotatable bonds is 9. The summed E-state index contributed by atoms with van der Waals surface area (Å²) in [7, 11) is 1.73. The lowest BCUT2D eigenvalue weighted by Gasteiger charge is -2.23. The molecule has 0 aromatic carbocycles. The third-order valence-electron chi connectivity index (χ3n) is 3.81. The van der Waals surface area contributed by atoms with E-state index in [0.29, 0.717) is 0 Å². The number of nitrogens with zero attached hydrogens (tertiary/aromatic N) is 1. The summed E-state index contributed by atoms with van der Waals surface area (Å²) < 4.78 is 5.36. The van der Waals surface area contributed by atoms with Gasteiger partial charge in [0.15, 0.2) is 0 Å². The zero-order valence-electron chi connectivity index (χ0n) is 11.2. The second kappa shape index (κ2) is 5.71. The van der Waals surface area contributed by atoms with Crippen LogP contribution in [0.3, 0.4) is 0 Å². The molecule has 1 saturated carbocycles. The van der Waals surface area contributed by atoms with Gasteiger partial charge in [0, 0.05) is 7.11 Å². The number of ether oxygens (including phenoxy) is 1. The minimum absolute atomic E-state index is 0.0905. The summed E-state index contributed by atoms with van der Waals surface area (Å²) in [5.74, 6) is 0.197. The van der Waals surface area contributed by atoms with E-state index in [1.54, 1.807) is 7.11 Å². The first-order valence-corrected chi connectivity index (χ1v) is 6.37. The molecule has 1 atom stereocenters. The highest BCUT2D eigenvalue weighted by Crippen LogP contribution is 2.45. The minimum atomic E-state index is -0.320. The molecule has 0 aromatic rings. The second-order valence-electron chi connectivity index (χ2n) is 5.80. The highest BCUT2D eigenvalue weighted by Gasteiger charge is 2.45. The normalized spacial score (nSPS) is 19.7. The zero-order chi connectivity index (χ0) is 12.9. The van der Waals surface area contributed by atoms with Gasteiger partial charge in [-0.3, -0.25) is 0 Å². The molecule has 0 heterocycles. The van der Waals surface area contributed by atoms with E-state index in [-0.39, 0.29) is 17.1 Å². The predicted octanol–water partition coefficient (Wildman–Crippen LogP) is 3.54. The third kappa shape index (κ3) is 4.54. The largest absolute Gasteiger partial charge is 0.379 e. The summed E-state index contributed by atoms with van der Waals surface area (Å²) in [6.07, 6.45) is 7.01. The topological polar surface area (TPSA) is 62.5 Å². The average Bonchev–Trinajstić information content (AvgIpc) is 3.08. The van der Waals surface area contributed by atoms with Gasteiger partial charge >= 0.3 is 0 Å². The predicted molar refractivity (Wildman–Crippen MR) is 69.6 cm³/mol. The third-order valence-corrected chi connectivity index (χ3v) is 3.81. The molecule has 1 N–H and O–H groups in total. The lowest BCUT2D eigenvalue weighted by Crippen LogP contribution is -2.22. The van der Waals surface area contributed by atoms with Crippen molar-refractivity contribution in [2.45, 2.75) is 63.5 Å². The first kappa shape index (κ1) is 14.3. The van der Waals surface area contributed by atoms with Crippen molar-refractivity contribution in [3.05, 3.63) is 4.91 Å². The van der Waals surface area contributed by atoms with E-state index in [1.165, 1.54) is 6.21 Å². The smallest absolute Gasteiger partial charge is 0.103 e. The van der Waals surface area contributed by atoms with Gasteiger partial charge < -0.3 is 10.1 Å². The van der Waals surface area contributed by atoms with E-state index >= 15 is 0 Å². The van der Waals surface area contributed by atoms with E-state index in [4.69, 9.17) is 10.1 Å². The van der Waals surface area contributed by atoms with Gasteiger partial charge in [0.25, 0.3) is 0 Å². The Morgan fingerprint density at radius 2 is 2.18 bits per heavy atom. The maximum atomic E-state index is 10.7. The van der Waals surface area contributed by atoms with Gasteiger partial charge in [0.2, 0.25) is 0 Å². The lowest BCUT2D eigenvalue weighted by molar-refractivity contribution is 0.0130. The number of nitroso groups, excluding NO2 is 1. The Kier molecular flexibility index (Phi) is 4.80. The van der Waals surface area contributed by atoms with Crippen molar-refractivity contribution in [1.82, 2.24) is 0 Å². The number of methoxy groups -OCH3 is 1. The second-order valence-corrected chi connectivity index (χ2v) is 5.80. The Bertz CT molecular complexity index is 273. The van der Waals surface area contributed by atoms with Crippen LogP contribution in [-0.4, -0.2) is 24.5 Å². The van der Waals surface area contributed by atoms with Crippen LogP contribution in [0.2, 0.25) is 0 Å². The molecule has 0 bridgehead atoms. The van der Waals surface area contributed by atoms with Gasteiger partial charge in [-0.1, -0.05) is 5.18 Å². The van der Waals surface area contributed by atoms with Crippen LogP contribution < -0.4 is 0 Å². The van der Waals surface area contributed by atoms with Crippen LogP contribution in [0.15, 0.2) is 5.18 Å². The molecule has 1 rings (SSSR count). The minimum Gasteiger partial charge on any atom is -0.379 e. The van der Waals surface area contributed by atoms with Crippen LogP contribution in [0.1, 0.15) is 52.4 Å². The van der Waals surface area contributed by atoms with Crippen LogP contribution >= 0.6 is 0 Å². The van der Waals surface area contributed by atoms with Gasteiger partial charge in [-0.2, -0.15) is 4.91 Å². The van der Waals surface area contributed by atoms with Crippen LogP contribution in [-0.2, 0) is 4.74 Å². The molecule has 4 heteroatoms. The maximum Gasteiger partial charge on any atom is 0.103 e. The number of hydrogen-bond donors (Lipinski definition) is 1. The Hall–Kier alpha value is -0.770. The highest BCUT2D eigenvalue weighted by molar-refractivity contribution is 5.57. The van der Waals surface area contributed by atoms with Crippen LogP contribution in [0, 0.1) is 16.2 Å². The Morgan fingerprint density at radius 3 is 2.59 bits per heavy atom. The molecule has 1 unspecified atom stereocenters. The summed E-state index contributed by atoms with van der Waals surface area (Å²) in [5.41, 5.74) is -0.411. The molecular weight excluding hydrogens is 216 g/mol. The van der Waals surface area contributed by atoms with Crippen molar-refractivity contribution < 1.29 is 4.74 Å². The summed E-state index contributed by atoms with van der Waals surface area (Å²) in [6.45, 7) is 4.14. The molecule has 0 amide bonds. The molecule has 1 fully saturated rings. The van der Waals surface area contributed by atoms with Crippen molar-refractivity contribution >= 4 is 6.21 Å². The summed E-state index contributed by atoms with van der Waals surface area (Å²) in [6, 6.07) is 0. The van der Waals surface area contributed by atoms with E-state index in [9.17, 15) is 4.91 Å². The van der Waals surface area contributed by atoms with Gasteiger partial charge in [-0.05, 0) is 64.5 Å². The molecule has 17 heavy (non-hydrogen) atoms. The standard InChI is InChI=1S/C13H24N2O2/c1-12(2,17-3)6-4-5-11(10-14)9-13(15-16)7-8-13/h10-11,14H,4-9H2,1-3H3. The average molecular weight is 240 g/mol. The van der Waals surface area contributed by atoms with Gasteiger partial charge in [0.05, 0.1) is 5.60 Å². The van der Waals surface area contributed by atoms with Crippen molar-refractivity contribution in [3.63, 3.8) is 0 Å². The molecule has 0 radical (unpaired) electrons. The summed E-state index contributed by atoms with van der Waals surface area (Å²) in [4.78, 5) is 10.7. The van der Waals surface area contributed by atoms with Crippen LogP contribution in [0.5, 0.6) is 0 Å². The van der Waals surface area contributed by atoms with Gasteiger partial charge in [-0.25, -0.2) is 0 Å². The van der Waals surface area contributed by atoms with Crippen LogP contribution in [0.4, 0.5) is 0 Å². The SMILES string of the molecule is COC(C)(C)CCCC(C=N)CC1(N=O)CC1. The monoisotopic (exact) mass is 240 g/mol. The van der Waals surface area contributed by atoms with Crippen molar-refractivity contribution in [3.8, 4) is 0 Å². The van der Waals surface area contributed by atoms with E-state index in [2.05, 4.69) is 19.0 Å². The fourth-order valence-corrected chi connectivity index (χ4v) is 2.10. The quantitative estimate of drug-likeness (QED) is 0.495. The van der Waals surface area contributed by atoms with Crippen molar-refractivity contribution in [2.75, 3.05) is 7.11 Å². The zero-order valence-corrected chi connectivity index (χ0v) is 11.2. The molecule has 4 nitrogen and oxygen atoms in total.